The molecule has 0 saturated carbocycles. The average Bonchev–Trinajstić information content (AvgIpc) is 2.67. The summed E-state index contributed by atoms with van der Waals surface area (Å²) >= 11 is 0. The second kappa shape index (κ2) is 8.43. The lowest BCUT2D eigenvalue weighted by Crippen LogP contribution is -2.45. The number of urea groups is 1. The number of carbonyl (C=O) groups is 3. The minimum Gasteiger partial charge on any atom is -0.478 e. The second-order valence-corrected chi connectivity index (χ2v) is 6.56. The smallest absolute Gasteiger partial charge is 0.336 e. The van der Waals surface area contributed by atoms with Crippen molar-refractivity contribution in [3.8, 4) is 5.75 Å². The van der Waals surface area contributed by atoms with Crippen molar-refractivity contribution in [3.63, 3.8) is 0 Å². The molecule has 0 saturated heterocycles. The van der Waals surface area contributed by atoms with Gasteiger partial charge in [0.25, 0.3) is 0 Å². The number of carbonyl (C=O) groups excluding carboxylic acids is 2. The number of nitrogens with one attached hydrogen (secondary N) is 2. The van der Waals surface area contributed by atoms with Crippen LogP contribution in [0, 0.1) is 6.92 Å². The quantitative estimate of drug-likeness (QED) is 0.411. The molecule has 7 nitrogen and oxygen atoms in total. The normalized spacial score (nSPS) is 16.3. The minimum absolute atomic E-state index is 0.0514. The summed E-state index contributed by atoms with van der Waals surface area (Å²) in [5, 5.41) is 14.5. The third kappa shape index (κ3) is 4.70. The number of aryl methyl sites for hydroxylation is 1. The molecule has 1 aliphatic rings. The zero-order valence-corrected chi connectivity index (χ0v) is 15.9. The largest absolute Gasteiger partial charge is 0.478 e. The monoisotopic (exact) mass is 392 g/mol. The van der Waals surface area contributed by atoms with Gasteiger partial charge in [0.15, 0.2) is 0 Å². The topological polar surface area (TPSA) is 105 Å². The lowest BCUT2D eigenvalue weighted by atomic mass is 9.95. The number of hydrogen-bond donors (Lipinski definition) is 3. The third-order valence-corrected chi connectivity index (χ3v) is 4.52. The Morgan fingerprint density at radius 3 is 2.41 bits per heavy atom. The lowest BCUT2D eigenvalue weighted by molar-refractivity contribution is -0.133. The highest BCUT2D eigenvalue weighted by Crippen LogP contribution is 2.28. The van der Waals surface area contributed by atoms with Crippen molar-refractivity contribution >= 4 is 24.0 Å². The number of rotatable bonds is 5. The van der Waals surface area contributed by atoms with Gasteiger partial charge in [0.05, 0.1) is 11.6 Å². The molecule has 0 radical (unpaired) electrons. The lowest BCUT2D eigenvalue weighted by Gasteiger charge is -2.27. The number of carboxylic acid groups (broad SMARTS) is 1. The minimum atomic E-state index is -1.13. The Morgan fingerprint density at radius 2 is 1.76 bits per heavy atom. The molecule has 0 fully saturated rings. The summed E-state index contributed by atoms with van der Waals surface area (Å²) in [4.78, 5) is 35.3. The van der Waals surface area contributed by atoms with E-state index in [9.17, 15) is 19.5 Å². The van der Waals surface area contributed by atoms with Crippen LogP contribution in [0.3, 0.4) is 0 Å². The van der Waals surface area contributed by atoms with Crippen LogP contribution >= 0.6 is 0 Å². The van der Waals surface area contributed by atoms with Crippen molar-refractivity contribution in [3.05, 3.63) is 82.6 Å². The van der Waals surface area contributed by atoms with Crippen molar-refractivity contribution in [2.75, 3.05) is 0 Å². The summed E-state index contributed by atoms with van der Waals surface area (Å²) in [6.45, 7) is 3.48. The zero-order chi connectivity index (χ0) is 21.0. The van der Waals surface area contributed by atoms with Crippen LogP contribution in [0.4, 0.5) is 4.79 Å². The van der Waals surface area contributed by atoms with Crippen molar-refractivity contribution in [1.29, 1.82) is 0 Å². The maximum atomic E-state index is 12.1. The third-order valence-electron chi connectivity index (χ3n) is 4.52. The molecule has 1 atom stereocenters. The van der Waals surface area contributed by atoms with Crippen molar-refractivity contribution in [1.82, 2.24) is 10.6 Å². The molecule has 148 valence electrons. The van der Waals surface area contributed by atoms with E-state index in [-0.39, 0.29) is 11.3 Å². The highest BCUT2D eigenvalue weighted by molar-refractivity contribution is 5.93. The molecule has 0 aliphatic carbocycles. The summed E-state index contributed by atoms with van der Waals surface area (Å²) in [5.74, 6) is -1.35. The number of esters is 1. The molecule has 2 amide bonds. The Bertz CT molecular complexity index is 1020. The van der Waals surface area contributed by atoms with E-state index in [0.29, 0.717) is 11.3 Å². The molecule has 1 aliphatic heterocycles. The number of benzene rings is 2. The molecule has 2 aromatic rings. The Hall–Kier alpha value is -3.87. The summed E-state index contributed by atoms with van der Waals surface area (Å²) in [6, 6.07) is 12.7. The predicted octanol–water partition coefficient (Wildman–Crippen LogP) is 3.33. The standard InChI is InChI=1S/C22H20N2O5/c1-13-5-3-4-6-15(13)9-12-18(25)29-17-10-7-16(8-11-17)20-19(21(26)27)14(2)23-22(28)24-20/h3-12,20H,1-2H3,(H,26,27)(H2,23,24,28). The van der Waals surface area contributed by atoms with Gasteiger partial charge in [-0.25, -0.2) is 14.4 Å². The van der Waals surface area contributed by atoms with E-state index in [1.165, 1.54) is 13.0 Å². The van der Waals surface area contributed by atoms with Crippen LogP contribution in [0.2, 0.25) is 0 Å². The van der Waals surface area contributed by atoms with Gasteiger partial charge in [-0.1, -0.05) is 36.4 Å². The van der Waals surface area contributed by atoms with E-state index in [0.717, 1.165) is 11.1 Å². The molecule has 2 aromatic carbocycles. The Morgan fingerprint density at radius 1 is 1.07 bits per heavy atom. The summed E-state index contributed by atoms with van der Waals surface area (Å²) < 4.78 is 5.28. The summed E-state index contributed by atoms with van der Waals surface area (Å²) in [6.07, 6.45) is 3.03. The van der Waals surface area contributed by atoms with E-state index in [2.05, 4.69) is 10.6 Å². The van der Waals surface area contributed by atoms with Gasteiger partial charge < -0.3 is 20.5 Å². The van der Waals surface area contributed by atoms with Crippen LogP contribution < -0.4 is 15.4 Å². The fourth-order valence-electron chi connectivity index (χ4n) is 3.04. The van der Waals surface area contributed by atoms with Gasteiger partial charge >= 0.3 is 18.0 Å². The number of ether oxygens (including phenoxy) is 1. The van der Waals surface area contributed by atoms with E-state index >= 15 is 0 Å². The molecule has 7 heteroatoms. The average molecular weight is 392 g/mol. The fourth-order valence-corrected chi connectivity index (χ4v) is 3.04. The molecule has 0 bridgehead atoms. The molecule has 1 unspecified atom stereocenters. The summed E-state index contributed by atoms with van der Waals surface area (Å²) in [7, 11) is 0. The van der Waals surface area contributed by atoms with Gasteiger partial charge in [-0.2, -0.15) is 0 Å². The van der Waals surface area contributed by atoms with Crippen LogP contribution in [0.5, 0.6) is 5.75 Å². The number of hydrogen-bond acceptors (Lipinski definition) is 4. The molecule has 3 rings (SSSR count). The maximum absolute atomic E-state index is 12.1. The molecular weight excluding hydrogens is 372 g/mol. The van der Waals surface area contributed by atoms with Crippen LogP contribution in [0.15, 0.2) is 65.9 Å². The SMILES string of the molecule is CC1=C(C(=O)O)C(c2ccc(OC(=O)C=Cc3ccccc3C)cc2)NC(=O)N1. The van der Waals surface area contributed by atoms with Crippen molar-refractivity contribution in [2.24, 2.45) is 0 Å². The molecule has 29 heavy (non-hydrogen) atoms. The Kier molecular flexibility index (Phi) is 5.78. The van der Waals surface area contributed by atoms with Crippen molar-refractivity contribution in [2.45, 2.75) is 19.9 Å². The highest BCUT2D eigenvalue weighted by Gasteiger charge is 2.30. The first-order valence-electron chi connectivity index (χ1n) is 8.92. The molecule has 1 heterocycles. The van der Waals surface area contributed by atoms with Gasteiger partial charge in [-0.15, -0.1) is 0 Å². The van der Waals surface area contributed by atoms with Gasteiger partial charge in [-0.3, -0.25) is 0 Å². The van der Waals surface area contributed by atoms with Gasteiger partial charge in [-0.05, 0) is 48.7 Å². The Labute approximate surface area is 167 Å². The van der Waals surface area contributed by atoms with Crippen molar-refractivity contribution < 1.29 is 24.2 Å². The molecule has 0 aromatic heterocycles. The van der Waals surface area contributed by atoms with Crippen LogP contribution in [0.25, 0.3) is 6.08 Å². The molecule has 3 N–H and O–H groups in total. The van der Waals surface area contributed by atoms with Gasteiger partial charge in [0.2, 0.25) is 0 Å². The number of aliphatic carboxylic acids is 1. The Balaban J connectivity index is 1.72. The van der Waals surface area contributed by atoms with E-state index in [1.54, 1.807) is 30.3 Å². The first-order chi connectivity index (χ1) is 13.8. The first kappa shape index (κ1) is 19.9. The van der Waals surface area contributed by atoms with Crippen LogP contribution in [0.1, 0.15) is 29.7 Å². The van der Waals surface area contributed by atoms with Crippen LogP contribution in [-0.2, 0) is 9.59 Å². The number of carboxylic acids is 1. The van der Waals surface area contributed by atoms with Gasteiger partial charge in [0.1, 0.15) is 5.75 Å². The van der Waals surface area contributed by atoms with E-state index < -0.39 is 24.0 Å². The maximum Gasteiger partial charge on any atom is 0.336 e. The number of allylic oxidation sites excluding steroid dienone is 1. The predicted molar refractivity (Wildman–Crippen MR) is 107 cm³/mol. The summed E-state index contributed by atoms with van der Waals surface area (Å²) in [5.41, 5.74) is 2.86. The van der Waals surface area contributed by atoms with E-state index in [1.807, 2.05) is 31.2 Å². The first-order valence-corrected chi connectivity index (χ1v) is 8.92. The highest BCUT2D eigenvalue weighted by atomic mass is 16.5. The van der Waals surface area contributed by atoms with Gasteiger partial charge in [0, 0.05) is 11.8 Å². The van der Waals surface area contributed by atoms with Crippen LogP contribution in [-0.4, -0.2) is 23.1 Å². The molecule has 0 spiro atoms. The zero-order valence-electron chi connectivity index (χ0n) is 15.9. The second-order valence-electron chi connectivity index (χ2n) is 6.56. The fraction of sp³-hybridized carbons (Fsp3) is 0.136. The van der Waals surface area contributed by atoms with E-state index in [4.69, 9.17) is 4.74 Å². The molecular formula is C22H20N2O5. The number of amides is 2.